The Bertz CT molecular complexity index is 605. The van der Waals surface area contributed by atoms with E-state index in [0.29, 0.717) is 17.6 Å². The lowest BCUT2D eigenvalue weighted by atomic mass is 10.4. The van der Waals surface area contributed by atoms with E-state index in [2.05, 4.69) is 9.72 Å². The molecule has 0 saturated heterocycles. The van der Waals surface area contributed by atoms with Crippen molar-refractivity contribution in [1.82, 2.24) is 4.98 Å². The molecule has 0 fully saturated rings. The van der Waals surface area contributed by atoms with Crippen LogP contribution in [0.5, 0.6) is 5.88 Å². The lowest BCUT2D eigenvalue weighted by molar-refractivity contribution is 0.112. The third kappa shape index (κ3) is 3.77. The maximum absolute atomic E-state index is 12.6. The highest BCUT2D eigenvalue weighted by Crippen LogP contribution is 2.28. The van der Waals surface area contributed by atoms with E-state index in [1.54, 1.807) is 0 Å². The summed E-state index contributed by atoms with van der Waals surface area (Å²) in [6.45, 7) is 0. The highest BCUT2D eigenvalue weighted by molar-refractivity contribution is 7.93. The topological polar surface area (TPSA) is 73.3 Å². The Labute approximate surface area is 110 Å². The molecule has 1 aromatic rings. The average molecular weight is 315 g/mol. The fourth-order valence-electron chi connectivity index (χ4n) is 1.06. The molecular formula is C9H8F3NO4S2. The van der Waals surface area contributed by atoms with Crippen molar-refractivity contribution < 1.29 is 31.1 Å². The molecule has 0 amide bonds. The molecule has 0 spiro atoms. The fraction of sp³-hybridized carbons (Fsp3) is 0.333. The van der Waals surface area contributed by atoms with Crippen LogP contribution in [0.15, 0.2) is 16.2 Å². The van der Waals surface area contributed by atoms with Gasteiger partial charge in [0, 0.05) is 6.42 Å². The molecule has 10 heteroatoms. The number of aromatic nitrogens is 1. The lowest BCUT2D eigenvalue weighted by Gasteiger charge is -1.98. The number of hydrogen-bond acceptors (Lipinski definition) is 6. The summed E-state index contributed by atoms with van der Waals surface area (Å²) in [5, 5.41) is 0. The summed E-state index contributed by atoms with van der Waals surface area (Å²) < 4.78 is 63.8. The predicted molar refractivity (Wildman–Crippen MR) is 61.1 cm³/mol. The molecule has 0 radical (unpaired) electrons. The number of nitrogens with zero attached hydrogens (tertiary/aromatic N) is 1. The molecule has 1 aromatic heterocycles. The number of aldehydes is 1. The van der Waals surface area contributed by atoms with Gasteiger partial charge < -0.3 is 4.74 Å². The zero-order valence-corrected chi connectivity index (χ0v) is 11.2. The van der Waals surface area contributed by atoms with E-state index in [-0.39, 0.29) is 10.8 Å². The number of rotatable bonds is 6. The Morgan fingerprint density at radius 1 is 1.42 bits per heavy atom. The van der Waals surface area contributed by atoms with Crippen molar-refractivity contribution in [2.24, 2.45) is 0 Å². The van der Waals surface area contributed by atoms with Gasteiger partial charge in [0.1, 0.15) is 4.88 Å². The third-order valence-electron chi connectivity index (χ3n) is 1.96. The Hall–Kier alpha value is -1.42. The van der Waals surface area contributed by atoms with Crippen molar-refractivity contribution >= 4 is 27.5 Å². The first kappa shape index (κ1) is 15.6. The third-order valence-corrected chi connectivity index (χ3v) is 5.10. The largest absolute Gasteiger partial charge is 0.480 e. The summed E-state index contributed by atoms with van der Waals surface area (Å²) in [4.78, 5) is 14.1. The number of ether oxygens (including phenoxy) is 1. The van der Waals surface area contributed by atoms with Crippen molar-refractivity contribution in [3.05, 3.63) is 16.8 Å². The highest BCUT2D eigenvalue weighted by Gasteiger charge is 2.24. The molecule has 0 N–H and O–H groups in total. The second-order valence-electron chi connectivity index (χ2n) is 3.21. The molecule has 0 aromatic carbocycles. The summed E-state index contributed by atoms with van der Waals surface area (Å²) in [7, 11) is -2.86. The maximum Gasteiger partial charge on any atom is 0.301 e. The molecule has 1 heterocycles. The first-order valence-corrected chi connectivity index (χ1v) is 7.21. The van der Waals surface area contributed by atoms with E-state index in [4.69, 9.17) is 0 Å². The lowest BCUT2D eigenvalue weighted by Crippen LogP contribution is -2.07. The number of halogens is 3. The van der Waals surface area contributed by atoms with Crippen LogP contribution in [0.4, 0.5) is 13.2 Å². The molecule has 0 aliphatic carbocycles. The molecule has 0 aliphatic heterocycles. The van der Waals surface area contributed by atoms with Crippen LogP contribution < -0.4 is 4.74 Å². The van der Waals surface area contributed by atoms with Crippen molar-refractivity contribution in [3.8, 4) is 5.88 Å². The van der Waals surface area contributed by atoms with Gasteiger partial charge in [0.15, 0.2) is 12.1 Å². The summed E-state index contributed by atoms with van der Waals surface area (Å²) in [6.07, 6.45) is -3.15. The Balaban J connectivity index is 2.98. The quantitative estimate of drug-likeness (QED) is 0.753. The van der Waals surface area contributed by atoms with E-state index >= 15 is 0 Å². The van der Waals surface area contributed by atoms with Crippen LogP contribution in [0.25, 0.3) is 0 Å². The average Bonchev–Trinajstić information content (AvgIpc) is 2.79. The van der Waals surface area contributed by atoms with Crippen LogP contribution in [0.1, 0.15) is 16.1 Å². The molecule has 0 bridgehead atoms. The van der Waals surface area contributed by atoms with Crippen LogP contribution >= 0.6 is 11.3 Å². The van der Waals surface area contributed by atoms with Gasteiger partial charge >= 0.3 is 6.08 Å². The molecule has 0 atom stereocenters. The first-order valence-electron chi connectivity index (χ1n) is 4.74. The van der Waals surface area contributed by atoms with Crippen LogP contribution in [0, 0.1) is 0 Å². The number of carbonyl (C=O) groups is 1. The molecule has 5 nitrogen and oxygen atoms in total. The van der Waals surface area contributed by atoms with Crippen molar-refractivity contribution in [3.63, 3.8) is 0 Å². The SMILES string of the molecule is COc1nc(S(=O)(=O)CCC(F)=C(F)F)sc1C=O. The summed E-state index contributed by atoms with van der Waals surface area (Å²) >= 11 is 0.533. The second kappa shape index (κ2) is 6.15. The normalized spacial score (nSPS) is 11.2. The minimum atomic E-state index is -4.05. The highest BCUT2D eigenvalue weighted by atomic mass is 32.2. The monoisotopic (exact) mass is 315 g/mol. The van der Waals surface area contributed by atoms with Crippen LogP contribution in [-0.2, 0) is 9.84 Å². The van der Waals surface area contributed by atoms with Gasteiger partial charge in [-0.15, -0.1) is 0 Å². The van der Waals surface area contributed by atoms with Crippen molar-refractivity contribution in [2.75, 3.05) is 12.9 Å². The number of hydrogen-bond donors (Lipinski definition) is 0. The van der Waals surface area contributed by atoms with Crippen LogP contribution in [0.2, 0.25) is 0 Å². The van der Waals surface area contributed by atoms with E-state index in [1.165, 1.54) is 7.11 Å². The maximum atomic E-state index is 12.6. The molecule has 0 aliphatic rings. The summed E-state index contributed by atoms with van der Waals surface area (Å²) in [6, 6.07) is 0. The van der Waals surface area contributed by atoms with Crippen molar-refractivity contribution in [1.29, 1.82) is 0 Å². The van der Waals surface area contributed by atoms with E-state index in [1.807, 2.05) is 0 Å². The minimum Gasteiger partial charge on any atom is -0.480 e. The number of allylic oxidation sites excluding steroid dienone is 1. The van der Waals surface area contributed by atoms with Gasteiger partial charge in [-0.2, -0.15) is 13.8 Å². The number of sulfone groups is 1. The molecule has 0 saturated carbocycles. The summed E-state index contributed by atoms with van der Waals surface area (Å²) in [5.74, 6) is -2.83. The predicted octanol–water partition coefficient (Wildman–Crippen LogP) is 2.21. The van der Waals surface area contributed by atoms with Gasteiger partial charge in [-0.1, -0.05) is 11.3 Å². The van der Waals surface area contributed by atoms with E-state index < -0.39 is 38.3 Å². The van der Waals surface area contributed by atoms with Crippen LogP contribution in [-0.4, -0.2) is 32.6 Å². The number of carbonyl (C=O) groups excluding carboxylic acids is 1. The Morgan fingerprint density at radius 2 is 2.05 bits per heavy atom. The van der Waals surface area contributed by atoms with Gasteiger partial charge in [0.05, 0.1) is 12.9 Å². The molecule has 0 unspecified atom stereocenters. The van der Waals surface area contributed by atoms with E-state index in [9.17, 15) is 26.4 Å². The Kier molecular flexibility index (Phi) is 5.06. The minimum absolute atomic E-state index is 0.0474. The van der Waals surface area contributed by atoms with Crippen LogP contribution in [0.3, 0.4) is 0 Å². The molecule has 1 rings (SSSR count). The van der Waals surface area contributed by atoms with E-state index in [0.717, 1.165) is 0 Å². The zero-order valence-electron chi connectivity index (χ0n) is 9.52. The number of methoxy groups -OCH3 is 1. The second-order valence-corrected chi connectivity index (χ2v) is 6.52. The van der Waals surface area contributed by atoms with Gasteiger partial charge in [-0.25, -0.2) is 12.8 Å². The van der Waals surface area contributed by atoms with Gasteiger partial charge in [-0.3, -0.25) is 4.79 Å². The Morgan fingerprint density at radius 3 is 2.47 bits per heavy atom. The fourth-order valence-corrected chi connectivity index (χ4v) is 3.51. The van der Waals surface area contributed by atoms with Crippen molar-refractivity contribution in [2.45, 2.75) is 10.8 Å². The van der Waals surface area contributed by atoms with Gasteiger partial charge in [0.2, 0.25) is 20.1 Å². The molecule has 106 valence electrons. The first-order chi connectivity index (χ1) is 8.81. The smallest absolute Gasteiger partial charge is 0.301 e. The standard InChI is InChI=1S/C9H8F3NO4S2/c1-17-8-6(4-14)18-9(13-8)19(15,16)3-2-5(10)7(11)12/h4H,2-3H2,1H3. The van der Waals surface area contributed by atoms with Gasteiger partial charge in [0.25, 0.3) is 0 Å². The summed E-state index contributed by atoms with van der Waals surface area (Å²) in [5.41, 5.74) is 0. The zero-order chi connectivity index (χ0) is 14.6. The van der Waals surface area contributed by atoms with Gasteiger partial charge in [-0.05, 0) is 0 Å². The number of thiazole rings is 1. The molecule has 19 heavy (non-hydrogen) atoms. The molecular weight excluding hydrogens is 307 g/mol.